The first-order valence-corrected chi connectivity index (χ1v) is 8.43. The van der Waals surface area contributed by atoms with Crippen LogP contribution in [0.1, 0.15) is 16.0 Å². The molecule has 0 saturated heterocycles. The molecule has 0 atom stereocenters. The Morgan fingerprint density at radius 3 is 2.55 bits per heavy atom. The molecule has 0 fully saturated rings. The van der Waals surface area contributed by atoms with Gasteiger partial charge in [0.1, 0.15) is 4.90 Å². The first-order chi connectivity index (χ1) is 9.37. The molecule has 1 aromatic carbocycles. The largest absolute Gasteiger partial charge is 0.391 e. The lowest BCUT2D eigenvalue weighted by atomic mass is 10.1. The number of thiophene rings is 1. The van der Waals surface area contributed by atoms with Crippen molar-refractivity contribution in [1.82, 2.24) is 0 Å². The molecule has 1 aromatic heterocycles. The molecule has 2 rings (SSSR count). The van der Waals surface area contributed by atoms with Crippen molar-refractivity contribution in [2.75, 3.05) is 11.4 Å². The second-order valence-electron chi connectivity index (χ2n) is 4.63. The van der Waals surface area contributed by atoms with E-state index < -0.39 is 10.0 Å². The van der Waals surface area contributed by atoms with E-state index in [1.165, 1.54) is 28.8 Å². The number of hydrogen-bond acceptors (Lipinski definition) is 4. The van der Waals surface area contributed by atoms with Crippen molar-refractivity contribution in [3.05, 3.63) is 45.6 Å². The average Bonchev–Trinajstić information content (AvgIpc) is 2.87. The number of hydrogen-bond donors (Lipinski definition) is 1. The van der Waals surface area contributed by atoms with Gasteiger partial charge in [0.2, 0.25) is 0 Å². The van der Waals surface area contributed by atoms with Gasteiger partial charge in [-0.3, -0.25) is 4.31 Å². The van der Waals surface area contributed by atoms with Crippen molar-refractivity contribution in [2.24, 2.45) is 0 Å². The molecule has 0 aliphatic carbocycles. The lowest BCUT2D eigenvalue weighted by molar-refractivity contribution is 0.282. The van der Waals surface area contributed by atoms with Crippen LogP contribution < -0.4 is 4.31 Å². The van der Waals surface area contributed by atoms with E-state index >= 15 is 0 Å². The molecule has 0 aliphatic heterocycles. The first-order valence-electron chi connectivity index (χ1n) is 6.11. The number of nitrogens with zero attached hydrogens (tertiary/aromatic N) is 1. The van der Waals surface area contributed by atoms with E-state index in [4.69, 9.17) is 0 Å². The van der Waals surface area contributed by atoms with Crippen LogP contribution in [0.2, 0.25) is 0 Å². The minimum Gasteiger partial charge on any atom is -0.391 e. The molecule has 20 heavy (non-hydrogen) atoms. The molecule has 108 valence electrons. The van der Waals surface area contributed by atoms with Gasteiger partial charge in [-0.05, 0) is 36.9 Å². The van der Waals surface area contributed by atoms with Crippen molar-refractivity contribution in [3.8, 4) is 0 Å². The van der Waals surface area contributed by atoms with Crippen molar-refractivity contribution in [3.63, 3.8) is 0 Å². The van der Waals surface area contributed by atoms with Gasteiger partial charge in [0.25, 0.3) is 10.0 Å². The molecule has 0 saturated carbocycles. The summed E-state index contributed by atoms with van der Waals surface area (Å²) < 4.78 is 26.5. The molecular weight excluding hydrogens is 294 g/mol. The van der Waals surface area contributed by atoms with Gasteiger partial charge >= 0.3 is 0 Å². The van der Waals surface area contributed by atoms with Crippen LogP contribution in [0.15, 0.2) is 34.5 Å². The van der Waals surface area contributed by atoms with Crippen LogP contribution in [-0.4, -0.2) is 20.6 Å². The van der Waals surface area contributed by atoms with Crippen LogP contribution in [0, 0.1) is 13.8 Å². The lowest BCUT2D eigenvalue weighted by Gasteiger charge is -2.21. The molecule has 0 radical (unpaired) electrons. The molecule has 1 N–H and O–H groups in total. The fourth-order valence-electron chi connectivity index (χ4n) is 2.11. The van der Waals surface area contributed by atoms with E-state index in [0.29, 0.717) is 10.6 Å². The summed E-state index contributed by atoms with van der Waals surface area (Å²) in [5.41, 5.74) is 2.63. The molecule has 2 aromatic rings. The number of rotatable bonds is 4. The van der Waals surface area contributed by atoms with Gasteiger partial charge in [-0.15, -0.1) is 11.3 Å². The number of anilines is 1. The van der Waals surface area contributed by atoms with Crippen molar-refractivity contribution >= 4 is 27.0 Å². The van der Waals surface area contributed by atoms with Gasteiger partial charge in [-0.25, -0.2) is 8.42 Å². The Balaban J connectivity index is 2.49. The average molecular weight is 311 g/mol. The maximum atomic E-state index is 12.6. The Bertz CT molecular complexity index is 720. The number of aryl methyl sites for hydroxylation is 2. The maximum Gasteiger partial charge on any atom is 0.265 e. The first kappa shape index (κ1) is 15.0. The molecular formula is C14H17NO3S2. The topological polar surface area (TPSA) is 57.6 Å². The lowest BCUT2D eigenvalue weighted by Crippen LogP contribution is -2.27. The van der Waals surface area contributed by atoms with Gasteiger partial charge < -0.3 is 5.11 Å². The number of aliphatic hydroxyl groups excluding tert-OH is 1. The Labute approximate surface area is 123 Å². The molecule has 4 nitrogen and oxygen atoms in total. The van der Waals surface area contributed by atoms with Crippen molar-refractivity contribution < 1.29 is 13.5 Å². The summed E-state index contributed by atoms with van der Waals surface area (Å²) in [6.07, 6.45) is 0. The predicted molar refractivity (Wildman–Crippen MR) is 81.7 cm³/mol. The zero-order chi connectivity index (χ0) is 14.9. The van der Waals surface area contributed by atoms with E-state index in [0.717, 1.165) is 11.1 Å². The number of aliphatic hydroxyl groups is 1. The highest BCUT2D eigenvalue weighted by Gasteiger charge is 2.25. The van der Waals surface area contributed by atoms with Crippen molar-refractivity contribution in [2.45, 2.75) is 25.3 Å². The molecule has 0 unspecified atom stereocenters. The van der Waals surface area contributed by atoms with Crippen LogP contribution in [0.25, 0.3) is 0 Å². The third-order valence-electron chi connectivity index (χ3n) is 3.18. The van der Waals surface area contributed by atoms with E-state index in [2.05, 4.69) is 0 Å². The molecule has 0 aliphatic rings. The van der Waals surface area contributed by atoms with Gasteiger partial charge in [0.15, 0.2) is 0 Å². The SMILES string of the molecule is Cc1ccc(N(C)S(=O)(=O)c2ccsc2CO)c(C)c1. The molecule has 0 spiro atoms. The van der Waals surface area contributed by atoms with Crippen LogP contribution in [0.4, 0.5) is 5.69 Å². The molecule has 1 heterocycles. The highest BCUT2D eigenvalue weighted by molar-refractivity contribution is 7.93. The van der Waals surface area contributed by atoms with Gasteiger partial charge in [0.05, 0.1) is 17.2 Å². The smallest absolute Gasteiger partial charge is 0.265 e. The third kappa shape index (κ3) is 2.59. The molecule has 0 amide bonds. The van der Waals surface area contributed by atoms with Crippen molar-refractivity contribution in [1.29, 1.82) is 0 Å². The minimum absolute atomic E-state index is 0.174. The highest BCUT2D eigenvalue weighted by atomic mass is 32.2. The van der Waals surface area contributed by atoms with Gasteiger partial charge in [-0.1, -0.05) is 17.7 Å². The van der Waals surface area contributed by atoms with Crippen LogP contribution >= 0.6 is 11.3 Å². The van der Waals surface area contributed by atoms with Gasteiger partial charge in [0, 0.05) is 7.05 Å². The summed E-state index contributed by atoms with van der Waals surface area (Å²) in [5.74, 6) is 0. The summed E-state index contributed by atoms with van der Waals surface area (Å²) >= 11 is 1.24. The summed E-state index contributed by atoms with van der Waals surface area (Å²) in [6.45, 7) is 3.58. The Hall–Kier alpha value is -1.37. The van der Waals surface area contributed by atoms with Crippen LogP contribution in [0.5, 0.6) is 0 Å². The number of benzene rings is 1. The van der Waals surface area contributed by atoms with Crippen LogP contribution in [0.3, 0.4) is 0 Å². The summed E-state index contributed by atoms with van der Waals surface area (Å²) in [6, 6.07) is 7.16. The second kappa shape index (κ2) is 5.55. The summed E-state index contributed by atoms with van der Waals surface area (Å²) in [5, 5.41) is 10.9. The summed E-state index contributed by atoms with van der Waals surface area (Å²) in [7, 11) is -2.11. The third-order valence-corrected chi connectivity index (χ3v) is 6.07. The predicted octanol–water partition coefficient (Wildman–Crippen LogP) is 2.68. The zero-order valence-corrected chi connectivity index (χ0v) is 13.3. The Morgan fingerprint density at radius 2 is 1.95 bits per heavy atom. The summed E-state index contributed by atoms with van der Waals surface area (Å²) in [4.78, 5) is 0.633. The fraction of sp³-hybridized carbons (Fsp3) is 0.286. The van der Waals surface area contributed by atoms with Gasteiger partial charge in [-0.2, -0.15) is 0 Å². The quantitative estimate of drug-likeness (QED) is 0.944. The molecule has 6 heteroatoms. The number of sulfonamides is 1. The Kier molecular flexibility index (Phi) is 4.17. The monoisotopic (exact) mass is 311 g/mol. The van der Waals surface area contributed by atoms with E-state index in [1.54, 1.807) is 11.4 Å². The van der Waals surface area contributed by atoms with E-state index in [-0.39, 0.29) is 11.5 Å². The second-order valence-corrected chi connectivity index (χ2v) is 7.57. The minimum atomic E-state index is -3.64. The van der Waals surface area contributed by atoms with Crippen LogP contribution in [-0.2, 0) is 16.6 Å². The highest BCUT2D eigenvalue weighted by Crippen LogP contribution is 2.29. The van der Waals surface area contributed by atoms with E-state index in [9.17, 15) is 13.5 Å². The normalized spacial score (nSPS) is 11.6. The maximum absolute atomic E-state index is 12.6. The van der Waals surface area contributed by atoms with E-state index in [1.807, 2.05) is 26.0 Å². The zero-order valence-electron chi connectivity index (χ0n) is 11.6. The molecule has 0 bridgehead atoms. The standard InChI is InChI=1S/C14H17NO3S2/c1-10-4-5-12(11(2)8-10)15(3)20(17,18)14-6-7-19-13(14)9-16/h4-8,16H,9H2,1-3H3. The Morgan fingerprint density at radius 1 is 1.25 bits per heavy atom. The fourth-order valence-corrected chi connectivity index (χ4v) is 4.63.